The van der Waals surface area contributed by atoms with Gasteiger partial charge in [-0.15, -0.1) is 0 Å². The van der Waals surface area contributed by atoms with Gasteiger partial charge in [-0.1, -0.05) is 359 Å². The van der Waals surface area contributed by atoms with Crippen molar-refractivity contribution in [1.29, 1.82) is 0 Å². The molecule has 0 rings (SSSR count). The van der Waals surface area contributed by atoms with E-state index >= 15 is 0 Å². The van der Waals surface area contributed by atoms with Gasteiger partial charge < -0.3 is 27.9 Å². The van der Waals surface area contributed by atoms with Gasteiger partial charge in [-0.05, 0) is 109 Å². The predicted molar refractivity (Wildman–Crippen MR) is 415 cm³/mol. The Labute approximate surface area is 593 Å². The molecule has 552 valence electrons. The average Bonchev–Trinajstić information content (AvgIpc) is 1.98. The Bertz CT molecular complexity index is 2090. The molecular weight excluding hydrogens is 1210 g/mol. The first-order valence-electron chi connectivity index (χ1n) is 39.9. The molecule has 96 heavy (non-hydrogen) atoms. The van der Waals surface area contributed by atoms with Crippen molar-refractivity contribution >= 4 is 19.8 Å². The van der Waals surface area contributed by atoms with Crippen LogP contribution < -0.4 is 4.89 Å². The summed E-state index contributed by atoms with van der Waals surface area (Å²) in [6, 6.07) is 0. The zero-order valence-electron chi connectivity index (χ0n) is 63.0. The van der Waals surface area contributed by atoms with E-state index in [9.17, 15) is 19.0 Å². The summed E-state index contributed by atoms with van der Waals surface area (Å²) in [6.45, 7) is 4.05. The van der Waals surface area contributed by atoms with Crippen LogP contribution in [0.25, 0.3) is 0 Å². The lowest BCUT2D eigenvalue weighted by molar-refractivity contribution is -0.870. The third kappa shape index (κ3) is 79.1. The van der Waals surface area contributed by atoms with Crippen molar-refractivity contribution in [3.63, 3.8) is 0 Å². The van der Waals surface area contributed by atoms with Crippen LogP contribution in [0.2, 0.25) is 0 Å². The first-order chi connectivity index (χ1) is 47.0. The molecule has 0 aromatic heterocycles. The number of hydrogen-bond donors (Lipinski definition) is 0. The van der Waals surface area contributed by atoms with E-state index in [-0.39, 0.29) is 32.0 Å². The molecular formula is C86H150NO8P. The molecule has 0 amide bonds. The van der Waals surface area contributed by atoms with Crippen LogP contribution in [-0.4, -0.2) is 70.0 Å². The molecule has 0 heterocycles. The summed E-state index contributed by atoms with van der Waals surface area (Å²) >= 11 is 0. The molecule has 0 fully saturated rings. The Morgan fingerprint density at radius 2 is 0.562 bits per heavy atom. The fourth-order valence-corrected chi connectivity index (χ4v) is 11.9. The summed E-state index contributed by atoms with van der Waals surface area (Å²) in [4.78, 5) is 38.2. The molecule has 0 radical (unpaired) electrons. The van der Waals surface area contributed by atoms with Gasteiger partial charge in [0.15, 0.2) is 6.10 Å². The molecule has 0 N–H and O–H groups in total. The monoisotopic (exact) mass is 1360 g/mol. The SMILES string of the molecule is CC/C=C\C/C=C\C/C=C\C/C=C\C/C=C\C/C=C\CCCCCCCCCCCCCCCCCCCCCCC(=O)OC(COC(=O)CCCCCCCCCCCCCCCCCCC/C=C\C/C=C\C/C=C\C/C=C\C/C=C\CC)COP(=O)([O-])OCC[N+](C)(C)C. The Hall–Kier alpha value is -3.85. The number of carbonyl (C=O) groups excluding carboxylic acids is 2. The standard InChI is InChI=1S/C86H150NO8P/c1-6-8-10-12-14-16-18-20-22-24-26-28-30-32-34-36-38-40-41-42-43-44-45-47-49-51-53-55-57-59-61-63-65-67-69-71-73-75-77-79-86(89)95-84(83-94-96(90,91)93-81-80-87(3,4)5)82-92-85(88)78-76-74-72-70-68-66-64-62-60-58-56-54-52-50-48-46-39-37-35-33-31-29-27-25-23-21-19-17-15-13-11-9-7-2/h8-11,14-17,20-23,26-29,32-35,38,40,84H,6-7,12-13,18-19,24-25,30-31,36-37,39,41-83H2,1-5H3/b10-8-,11-9-,16-14-,17-15-,22-20-,23-21-,28-26-,29-27-,34-32-,35-33-,40-38-. The Morgan fingerprint density at radius 1 is 0.323 bits per heavy atom. The van der Waals surface area contributed by atoms with E-state index in [4.69, 9.17) is 18.5 Å². The van der Waals surface area contributed by atoms with Crippen molar-refractivity contribution in [2.45, 2.75) is 354 Å². The molecule has 10 heteroatoms. The molecule has 0 spiro atoms. The molecule has 0 saturated heterocycles. The third-order valence-corrected chi connectivity index (χ3v) is 18.1. The normalized spacial score (nSPS) is 13.8. The van der Waals surface area contributed by atoms with Gasteiger partial charge in [0.2, 0.25) is 0 Å². The molecule has 0 aromatic rings. The van der Waals surface area contributed by atoms with Crippen LogP contribution in [-0.2, 0) is 32.7 Å². The van der Waals surface area contributed by atoms with Gasteiger partial charge >= 0.3 is 11.9 Å². The van der Waals surface area contributed by atoms with E-state index in [1.54, 1.807) is 0 Å². The zero-order chi connectivity index (χ0) is 69.7. The van der Waals surface area contributed by atoms with Crippen molar-refractivity contribution in [3.8, 4) is 0 Å². The number of quaternary nitrogens is 1. The Balaban J connectivity index is 3.96. The second-order valence-electron chi connectivity index (χ2n) is 27.7. The summed E-state index contributed by atoms with van der Waals surface area (Å²) in [5.41, 5.74) is 0. The number of rotatable bonds is 73. The highest BCUT2D eigenvalue weighted by Gasteiger charge is 2.22. The van der Waals surface area contributed by atoms with Gasteiger partial charge in [0, 0.05) is 12.8 Å². The van der Waals surface area contributed by atoms with Crippen molar-refractivity contribution in [2.24, 2.45) is 0 Å². The quantitative estimate of drug-likeness (QED) is 0.0195. The van der Waals surface area contributed by atoms with E-state index in [2.05, 4.69) is 148 Å². The van der Waals surface area contributed by atoms with Crippen LogP contribution in [0.5, 0.6) is 0 Å². The zero-order valence-corrected chi connectivity index (χ0v) is 63.9. The number of esters is 2. The lowest BCUT2D eigenvalue weighted by Gasteiger charge is -2.28. The predicted octanol–water partition coefficient (Wildman–Crippen LogP) is 26.1. The maximum atomic E-state index is 12.9. The van der Waals surface area contributed by atoms with E-state index in [1.807, 2.05) is 21.1 Å². The van der Waals surface area contributed by atoms with Crippen molar-refractivity contribution in [3.05, 3.63) is 134 Å². The minimum atomic E-state index is -4.65. The summed E-state index contributed by atoms with van der Waals surface area (Å²) in [5, 5.41) is 0. The number of hydrogen-bond acceptors (Lipinski definition) is 8. The van der Waals surface area contributed by atoms with Gasteiger partial charge in [0.1, 0.15) is 19.8 Å². The maximum absolute atomic E-state index is 12.9. The van der Waals surface area contributed by atoms with Gasteiger partial charge in [-0.2, -0.15) is 0 Å². The summed E-state index contributed by atoms with van der Waals surface area (Å²) in [5.74, 6) is -0.822. The highest BCUT2D eigenvalue weighted by molar-refractivity contribution is 7.45. The first-order valence-corrected chi connectivity index (χ1v) is 41.4. The fraction of sp³-hybridized carbons (Fsp3) is 0.721. The number of unbranched alkanes of at least 4 members (excludes halogenated alkanes) is 37. The second-order valence-corrected chi connectivity index (χ2v) is 29.1. The van der Waals surface area contributed by atoms with E-state index in [0.717, 1.165) is 109 Å². The number of ether oxygens (including phenoxy) is 2. The second kappa shape index (κ2) is 75.4. The number of nitrogens with zero attached hydrogens (tertiary/aromatic N) is 1. The molecule has 0 aliphatic heterocycles. The number of phosphoric ester groups is 1. The molecule has 0 saturated carbocycles. The van der Waals surface area contributed by atoms with Crippen LogP contribution in [0, 0.1) is 0 Å². The minimum Gasteiger partial charge on any atom is -0.756 e. The lowest BCUT2D eigenvalue weighted by Crippen LogP contribution is -2.37. The van der Waals surface area contributed by atoms with Gasteiger partial charge in [-0.3, -0.25) is 14.2 Å². The van der Waals surface area contributed by atoms with Gasteiger partial charge in [0.05, 0.1) is 27.7 Å². The van der Waals surface area contributed by atoms with Crippen molar-refractivity contribution < 1.29 is 42.1 Å². The summed E-state index contributed by atoms with van der Waals surface area (Å²) in [6.07, 6.45) is 110. The number of carbonyl (C=O) groups is 2. The Kier molecular flexibility index (Phi) is 72.3. The van der Waals surface area contributed by atoms with Crippen LogP contribution in [0.15, 0.2) is 134 Å². The summed E-state index contributed by atoms with van der Waals surface area (Å²) in [7, 11) is 1.17. The van der Waals surface area contributed by atoms with Gasteiger partial charge in [0.25, 0.3) is 7.82 Å². The highest BCUT2D eigenvalue weighted by Crippen LogP contribution is 2.38. The minimum absolute atomic E-state index is 0.0329. The van der Waals surface area contributed by atoms with Crippen LogP contribution in [0.4, 0.5) is 0 Å². The largest absolute Gasteiger partial charge is 0.756 e. The number of allylic oxidation sites excluding steroid dienone is 22. The van der Waals surface area contributed by atoms with E-state index in [0.29, 0.717) is 17.4 Å². The van der Waals surface area contributed by atoms with E-state index in [1.165, 1.54) is 205 Å². The maximum Gasteiger partial charge on any atom is 0.306 e. The molecule has 0 aliphatic carbocycles. The first kappa shape index (κ1) is 92.2. The van der Waals surface area contributed by atoms with Crippen molar-refractivity contribution in [2.75, 3.05) is 47.5 Å². The summed E-state index contributed by atoms with van der Waals surface area (Å²) < 4.78 is 34.4. The van der Waals surface area contributed by atoms with Crippen LogP contribution in [0.1, 0.15) is 348 Å². The smallest absolute Gasteiger partial charge is 0.306 e. The van der Waals surface area contributed by atoms with Crippen molar-refractivity contribution in [1.82, 2.24) is 0 Å². The Morgan fingerprint density at radius 3 is 0.833 bits per heavy atom. The lowest BCUT2D eigenvalue weighted by atomic mass is 10.0. The molecule has 2 atom stereocenters. The third-order valence-electron chi connectivity index (χ3n) is 17.2. The van der Waals surface area contributed by atoms with Crippen LogP contribution in [0.3, 0.4) is 0 Å². The molecule has 9 nitrogen and oxygen atoms in total. The molecule has 0 aromatic carbocycles. The number of likely N-dealkylation sites (N-methyl/N-ethyl adjacent to an activating group) is 1. The molecule has 0 bridgehead atoms. The average molecular weight is 1360 g/mol. The molecule has 0 aliphatic rings. The number of phosphoric acid groups is 1. The fourth-order valence-electron chi connectivity index (χ4n) is 11.2. The van der Waals surface area contributed by atoms with E-state index < -0.39 is 26.5 Å². The topological polar surface area (TPSA) is 111 Å². The molecule has 2 unspecified atom stereocenters. The van der Waals surface area contributed by atoms with Gasteiger partial charge in [-0.25, -0.2) is 0 Å². The van der Waals surface area contributed by atoms with Crippen LogP contribution >= 0.6 is 7.82 Å². The highest BCUT2D eigenvalue weighted by atomic mass is 31.2.